The number of hydrogen-bond acceptors (Lipinski definition) is 1. The van der Waals surface area contributed by atoms with Gasteiger partial charge < -0.3 is 5.32 Å². The van der Waals surface area contributed by atoms with E-state index >= 15 is 0 Å². The molecule has 0 aromatic heterocycles. The van der Waals surface area contributed by atoms with Crippen LogP contribution in [0, 0.1) is 0 Å². The van der Waals surface area contributed by atoms with Crippen molar-refractivity contribution in [1.82, 2.24) is 5.32 Å². The number of carbonyl (C=O) groups is 1. The van der Waals surface area contributed by atoms with Crippen LogP contribution in [0.3, 0.4) is 0 Å². The van der Waals surface area contributed by atoms with Crippen LogP contribution in [0.1, 0.15) is 30.6 Å². The zero-order chi connectivity index (χ0) is 12.1. The average molecular weight is 260 g/mol. The summed E-state index contributed by atoms with van der Waals surface area (Å²) in [6, 6.07) is 6.87. The van der Waals surface area contributed by atoms with Gasteiger partial charge in [0.1, 0.15) is 0 Å². The van der Waals surface area contributed by atoms with E-state index in [9.17, 15) is 4.79 Å². The number of benzene rings is 1. The normalized spacial score (nSPS) is 14.2. The molecule has 2 nitrogen and oxygen atoms in total. The Morgan fingerprint density at radius 1 is 1.31 bits per heavy atom. The van der Waals surface area contributed by atoms with Crippen LogP contribution in [-0.4, -0.2) is 17.3 Å². The summed E-state index contributed by atoms with van der Waals surface area (Å²) in [5, 5.41) is 3.56. The van der Waals surface area contributed by atoms with Crippen LogP contribution < -0.4 is 5.32 Å². The number of hydrogen-bond donors (Lipinski definition) is 1. The van der Waals surface area contributed by atoms with Gasteiger partial charge in [-0.2, -0.15) is 0 Å². The third kappa shape index (κ3) is 4.42. The molecule has 0 fully saturated rings. The molecule has 1 amide bonds. The number of carbonyl (C=O) groups excluding carboxylic acids is 1. The quantitative estimate of drug-likeness (QED) is 0.825. The summed E-state index contributed by atoms with van der Waals surface area (Å²) in [4.78, 5) is 11.8. The Labute approximate surface area is 106 Å². The predicted octanol–water partition coefficient (Wildman–Crippen LogP) is 3.48. The second-order valence-electron chi connectivity index (χ2n) is 3.90. The first-order valence-electron chi connectivity index (χ1n) is 5.19. The average Bonchev–Trinajstić information content (AvgIpc) is 2.16. The Bertz CT molecular complexity index is 349. The van der Waals surface area contributed by atoms with Gasteiger partial charge in [0, 0.05) is 22.0 Å². The largest absolute Gasteiger partial charge is 0.350 e. The fourth-order valence-electron chi connectivity index (χ4n) is 1.45. The summed E-state index contributed by atoms with van der Waals surface area (Å²) in [5.74, 6) is -0.0958. The molecule has 1 aromatic carbocycles. The van der Waals surface area contributed by atoms with Gasteiger partial charge in [-0.05, 0) is 44.5 Å². The molecule has 16 heavy (non-hydrogen) atoms. The highest BCUT2D eigenvalue weighted by Gasteiger charge is 2.11. The summed E-state index contributed by atoms with van der Waals surface area (Å²) >= 11 is 11.6. The molecule has 0 aliphatic heterocycles. The number of nitrogens with one attached hydrogen (secondary N) is 1. The maximum Gasteiger partial charge on any atom is 0.251 e. The van der Waals surface area contributed by atoms with Gasteiger partial charge in [-0.15, -0.1) is 11.6 Å². The number of amides is 1. The van der Waals surface area contributed by atoms with Crippen molar-refractivity contribution < 1.29 is 4.79 Å². The number of rotatable bonds is 4. The molecule has 1 aromatic rings. The minimum Gasteiger partial charge on any atom is -0.350 e. The lowest BCUT2D eigenvalue weighted by molar-refractivity contribution is 0.0938. The Kier molecular flexibility index (Phi) is 5.10. The van der Waals surface area contributed by atoms with Crippen LogP contribution >= 0.6 is 23.2 Å². The minimum atomic E-state index is -0.0958. The molecule has 0 spiro atoms. The van der Waals surface area contributed by atoms with Crippen LogP contribution in [0.25, 0.3) is 0 Å². The zero-order valence-corrected chi connectivity index (χ0v) is 10.8. The Morgan fingerprint density at radius 3 is 2.38 bits per heavy atom. The van der Waals surface area contributed by atoms with Gasteiger partial charge in [-0.3, -0.25) is 4.79 Å². The first-order valence-corrected chi connectivity index (χ1v) is 6.01. The smallest absolute Gasteiger partial charge is 0.251 e. The molecule has 1 N–H and O–H groups in total. The van der Waals surface area contributed by atoms with Crippen molar-refractivity contribution in [3.8, 4) is 0 Å². The third-order valence-corrected chi connectivity index (χ3v) is 2.59. The van der Waals surface area contributed by atoms with Gasteiger partial charge in [0.15, 0.2) is 0 Å². The lowest BCUT2D eigenvalue weighted by atomic mass is 10.1. The first kappa shape index (κ1) is 13.3. The van der Waals surface area contributed by atoms with Crippen molar-refractivity contribution in [3.63, 3.8) is 0 Å². The predicted molar refractivity (Wildman–Crippen MR) is 68.3 cm³/mol. The van der Waals surface area contributed by atoms with Crippen LogP contribution in [-0.2, 0) is 0 Å². The van der Waals surface area contributed by atoms with Crippen molar-refractivity contribution in [1.29, 1.82) is 0 Å². The van der Waals surface area contributed by atoms with Crippen molar-refractivity contribution in [2.24, 2.45) is 0 Å². The van der Waals surface area contributed by atoms with Crippen molar-refractivity contribution in [2.75, 3.05) is 0 Å². The molecule has 0 saturated heterocycles. The first-order chi connectivity index (χ1) is 7.49. The standard InChI is InChI=1S/C12H15Cl2NO/c1-8(13)7-9(2)15-12(16)10-3-5-11(14)6-4-10/h3-6,8-9H,7H2,1-2H3,(H,15,16). The minimum absolute atomic E-state index is 0.0560. The molecule has 0 radical (unpaired) electrons. The van der Waals surface area contributed by atoms with E-state index in [0.717, 1.165) is 6.42 Å². The second kappa shape index (κ2) is 6.12. The van der Waals surface area contributed by atoms with E-state index in [1.807, 2.05) is 13.8 Å². The lowest BCUT2D eigenvalue weighted by Crippen LogP contribution is -2.33. The van der Waals surface area contributed by atoms with Crippen LogP contribution in [0.15, 0.2) is 24.3 Å². The van der Waals surface area contributed by atoms with E-state index in [1.54, 1.807) is 24.3 Å². The van der Waals surface area contributed by atoms with E-state index in [2.05, 4.69) is 5.32 Å². The molecule has 88 valence electrons. The maximum atomic E-state index is 11.8. The molecule has 4 heteroatoms. The molecule has 2 atom stereocenters. The Balaban J connectivity index is 2.55. The molecule has 1 rings (SSSR count). The highest BCUT2D eigenvalue weighted by Crippen LogP contribution is 2.10. The topological polar surface area (TPSA) is 29.1 Å². The second-order valence-corrected chi connectivity index (χ2v) is 5.08. The molecular weight excluding hydrogens is 245 g/mol. The van der Waals surface area contributed by atoms with Gasteiger partial charge in [0.2, 0.25) is 0 Å². The summed E-state index contributed by atoms with van der Waals surface area (Å²) in [7, 11) is 0. The fraction of sp³-hybridized carbons (Fsp3) is 0.417. The molecule has 0 heterocycles. The molecular formula is C12H15Cl2NO. The Hall–Kier alpha value is -0.730. The van der Waals surface area contributed by atoms with Gasteiger partial charge in [0.25, 0.3) is 5.91 Å². The van der Waals surface area contributed by atoms with Gasteiger partial charge >= 0.3 is 0 Å². The Morgan fingerprint density at radius 2 is 1.88 bits per heavy atom. The SMILES string of the molecule is CC(Cl)CC(C)NC(=O)c1ccc(Cl)cc1. The maximum absolute atomic E-state index is 11.8. The fourth-order valence-corrected chi connectivity index (χ4v) is 1.85. The van der Waals surface area contributed by atoms with Crippen molar-refractivity contribution >= 4 is 29.1 Å². The molecule has 0 aliphatic rings. The molecule has 0 saturated carbocycles. The van der Waals surface area contributed by atoms with Gasteiger partial charge in [-0.1, -0.05) is 11.6 Å². The zero-order valence-electron chi connectivity index (χ0n) is 9.34. The summed E-state index contributed by atoms with van der Waals surface area (Å²) in [5.41, 5.74) is 0.610. The number of halogens is 2. The van der Waals surface area contributed by atoms with Gasteiger partial charge in [0.05, 0.1) is 0 Å². The highest BCUT2D eigenvalue weighted by atomic mass is 35.5. The van der Waals surface area contributed by atoms with Crippen LogP contribution in [0.4, 0.5) is 0 Å². The molecule has 0 aliphatic carbocycles. The van der Waals surface area contributed by atoms with E-state index in [1.165, 1.54) is 0 Å². The van der Waals surface area contributed by atoms with Gasteiger partial charge in [-0.25, -0.2) is 0 Å². The summed E-state index contributed by atoms with van der Waals surface area (Å²) in [6.07, 6.45) is 0.751. The van der Waals surface area contributed by atoms with Crippen molar-refractivity contribution in [3.05, 3.63) is 34.9 Å². The van der Waals surface area contributed by atoms with E-state index in [-0.39, 0.29) is 17.3 Å². The van der Waals surface area contributed by atoms with Crippen molar-refractivity contribution in [2.45, 2.75) is 31.7 Å². The monoisotopic (exact) mass is 259 g/mol. The lowest BCUT2D eigenvalue weighted by Gasteiger charge is -2.14. The molecule has 2 unspecified atom stereocenters. The third-order valence-electron chi connectivity index (χ3n) is 2.16. The summed E-state index contributed by atoms with van der Waals surface area (Å²) < 4.78 is 0. The van der Waals surface area contributed by atoms with E-state index < -0.39 is 0 Å². The summed E-state index contributed by atoms with van der Waals surface area (Å²) in [6.45, 7) is 3.85. The van der Waals surface area contributed by atoms with E-state index in [4.69, 9.17) is 23.2 Å². The van der Waals surface area contributed by atoms with Crippen LogP contribution in [0.2, 0.25) is 5.02 Å². The highest BCUT2D eigenvalue weighted by molar-refractivity contribution is 6.30. The molecule has 0 bridgehead atoms. The number of alkyl halides is 1. The van der Waals surface area contributed by atoms with E-state index in [0.29, 0.717) is 10.6 Å². The van der Waals surface area contributed by atoms with Crippen LogP contribution in [0.5, 0.6) is 0 Å².